The molecule has 0 saturated carbocycles. The number of hydrogen-bond acceptors (Lipinski definition) is 4. The van der Waals surface area contributed by atoms with Crippen molar-refractivity contribution in [3.8, 4) is 23.1 Å². The van der Waals surface area contributed by atoms with E-state index in [-0.39, 0.29) is 11.1 Å². The first-order valence-corrected chi connectivity index (χ1v) is 5.70. The molecule has 96 valence electrons. The van der Waals surface area contributed by atoms with E-state index in [0.29, 0.717) is 5.69 Å². The van der Waals surface area contributed by atoms with Gasteiger partial charge in [-0.3, -0.25) is 4.79 Å². The summed E-state index contributed by atoms with van der Waals surface area (Å²) in [4.78, 5) is 11.5. The largest absolute Gasteiger partial charge is 0.496 e. The highest BCUT2D eigenvalue weighted by Gasteiger charge is 2.11. The first-order valence-electron chi connectivity index (χ1n) is 5.70. The van der Waals surface area contributed by atoms with Crippen LogP contribution in [-0.4, -0.2) is 16.9 Å². The fraction of sp³-hybridized carbons (Fsp3) is 0.214. The Morgan fingerprint density at radius 1 is 1.37 bits per heavy atom. The molecule has 5 heteroatoms. The summed E-state index contributed by atoms with van der Waals surface area (Å²) in [7, 11) is 3.16. The van der Waals surface area contributed by atoms with Gasteiger partial charge < -0.3 is 4.74 Å². The van der Waals surface area contributed by atoms with Crippen LogP contribution in [0.3, 0.4) is 0 Å². The van der Waals surface area contributed by atoms with E-state index in [9.17, 15) is 4.79 Å². The van der Waals surface area contributed by atoms with Crippen molar-refractivity contribution in [1.82, 2.24) is 9.78 Å². The first kappa shape index (κ1) is 12.8. The molecule has 0 aliphatic heterocycles. The minimum absolute atomic E-state index is 0.271. The normalized spacial score (nSPS) is 10.0. The highest BCUT2D eigenvalue weighted by atomic mass is 16.5. The van der Waals surface area contributed by atoms with Crippen LogP contribution >= 0.6 is 0 Å². The molecule has 0 atom stereocenters. The standard InChI is InChI=1S/C14H13N3O2/c1-9-6-10(4-5-12(9)19-3)14-11(8-15)7-13(18)17(2)16-14/h4-7H,1-3H3. The van der Waals surface area contributed by atoms with Gasteiger partial charge in [0.1, 0.15) is 17.5 Å². The van der Waals surface area contributed by atoms with E-state index in [2.05, 4.69) is 5.10 Å². The first-order chi connectivity index (χ1) is 9.06. The molecule has 0 amide bonds. The molecule has 1 heterocycles. The van der Waals surface area contributed by atoms with E-state index >= 15 is 0 Å². The Bertz CT molecular complexity index is 726. The number of hydrogen-bond donors (Lipinski definition) is 0. The van der Waals surface area contributed by atoms with Crippen LogP contribution in [0.2, 0.25) is 0 Å². The van der Waals surface area contributed by atoms with E-state index in [4.69, 9.17) is 10.00 Å². The number of nitrogens with zero attached hydrogens (tertiary/aromatic N) is 3. The second-order valence-electron chi connectivity index (χ2n) is 4.16. The molecule has 5 nitrogen and oxygen atoms in total. The topological polar surface area (TPSA) is 67.9 Å². The summed E-state index contributed by atoms with van der Waals surface area (Å²) in [5, 5.41) is 13.3. The molecule has 0 aliphatic carbocycles. The molecule has 0 saturated heterocycles. The molecule has 0 unspecified atom stereocenters. The third kappa shape index (κ3) is 2.33. The Labute approximate surface area is 110 Å². The molecule has 0 spiro atoms. The van der Waals surface area contributed by atoms with Crippen LogP contribution in [-0.2, 0) is 7.05 Å². The maximum absolute atomic E-state index is 11.5. The summed E-state index contributed by atoms with van der Waals surface area (Å²) < 4.78 is 6.41. The lowest BCUT2D eigenvalue weighted by Gasteiger charge is -2.09. The van der Waals surface area contributed by atoms with Gasteiger partial charge in [0.15, 0.2) is 0 Å². The summed E-state index contributed by atoms with van der Waals surface area (Å²) >= 11 is 0. The summed E-state index contributed by atoms with van der Waals surface area (Å²) in [5.41, 5.74) is 2.19. The van der Waals surface area contributed by atoms with E-state index < -0.39 is 0 Å². The molecule has 2 aromatic rings. The maximum Gasteiger partial charge on any atom is 0.267 e. The van der Waals surface area contributed by atoms with Crippen molar-refractivity contribution in [1.29, 1.82) is 5.26 Å². The van der Waals surface area contributed by atoms with Gasteiger partial charge in [-0.05, 0) is 30.7 Å². The van der Waals surface area contributed by atoms with Crippen molar-refractivity contribution in [2.24, 2.45) is 7.05 Å². The van der Waals surface area contributed by atoms with Gasteiger partial charge in [0.2, 0.25) is 0 Å². The Balaban J connectivity index is 2.65. The predicted octanol–water partition coefficient (Wildman–Crippen LogP) is 1.64. The predicted molar refractivity (Wildman–Crippen MR) is 70.9 cm³/mol. The second kappa shape index (κ2) is 4.94. The van der Waals surface area contributed by atoms with Crippen molar-refractivity contribution in [3.05, 3.63) is 45.7 Å². The second-order valence-corrected chi connectivity index (χ2v) is 4.16. The molecule has 1 aromatic carbocycles. The zero-order valence-electron chi connectivity index (χ0n) is 11.0. The van der Waals surface area contributed by atoms with Crippen molar-refractivity contribution in [3.63, 3.8) is 0 Å². The van der Waals surface area contributed by atoms with Crippen LogP contribution in [0.25, 0.3) is 11.3 Å². The average Bonchev–Trinajstić information content (AvgIpc) is 2.41. The Hall–Kier alpha value is -2.61. The number of benzene rings is 1. The fourth-order valence-electron chi connectivity index (χ4n) is 1.86. The van der Waals surface area contributed by atoms with Crippen LogP contribution in [0.4, 0.5) is 0 Å². The summed E-state index contributed by atoms with van der Waals surface area (Å²) in [5.74, 6) is 0.770. The van der Waals surface area contributed by atoms with Crippen molar-refractivity contribution < 1.29 is 4.74 Å². The maximum atomic E-state index is 11.5. The molecule has 19 heavy (non-hydrogen) atoms. The highest BCUT2D eigenvalue weighted by molar-refractivity contribution is 5.67. The third-order valence-electron chi connectivity index (χ3n) is 2.88. The van der Waals surface area contributed by atoms with Gasteiger partial charge in [0.05, 0.1) is 12.7 Å². The summed E-state index contributed by atoms with van der Waals surface area (Å²) in [6, 6.07) is 8.82. The molecule has 1 aromatic heterocycles. The zero-order chi connectivity index (χ0) is 14.0. The molecular formula is C14H13N3O2. The SMILES string of the molecule is COc1ccc(-c2nn(C)c(=O)cc2C#N)cc1C. The van der Waals surface area contributed by atoms with Gasteiger partial charge in [-0.15, -0.1) is 0 Å². The number of aromatic nitrogens is 2. The molecule has 0 radical (unpaired) electrons. The van der Waals surface area contributed by atoms with Crippen LogP contribution in [0.5, 0.6) is 5.75 Å². The quantitative estimate of drug-likeness (QED) is 0.818. The lowest BCUT2D eigenvalue weighted by Crippen LogP contribution is -2.20. The van der Waals surface area contributed by atoms with Gasteiger partial charge in [0, 0.05) is 18.7 Å². The number of aryl methyl sites for hydroxylation is 2. The number of ether oxygens (including phenoxy) is 1. The van der Waals surface area contributed by atoms with Gasteiger partial charge in [0.25, 0.3) is 5.56 Å². The Kier molecular flexibility index (Phi) is 3.34. The van der Waals surface area contributed by atoms with Crippen molar-refractivity contribution in [2.45, 2.75) is 6.92 Å². The molecule has 0 N–H and O–H groups in total. The third-order valence-corrected chi connectivity index (χ3v) is 2.88. The lowest BCUT2D eigenvalue weighted by atomic mass is 10.0. The number of methoxy groups -OCH3 is 1. The molecule has 2 rings (SSSR count). The zero-order valence-corrected chi connectivity index (χ0v) is 11.0. The van der Waals surface area contributed by atoms with Crippen LogP contribution < -0.4 is 10.3 Å². The van der Waals surface area contributed by atoms with Gasteiger partial charge in [-0.1, -0.05) is 0 Å². The fourth-order valence-corrected chi connectivity index (χ4v) is 1.86. The number of rotatable bonds is 2. The van der Waals surface area contributed by atoms with Gasteiger partial charge in [-0.2, -0.15) is 10.4 Å². The van der Waals surface area contributed by atoms with E-state index in [1.165, 1.54) is 10.7 Å². The lowest BCUT2D eigenvalue weighted by molar-refractivity contribution is 0.412. The monoisotopic (exact) mass is 255 g/mol. The van der Waals surface area contributed by atoms with E-state index in [1.54, 1.807) is 14.2 Å². The number of nitriles is 1. The Morgan fingerprint density at radius 2 is 2.11 bits per heavy atom. The highest BCUT2D eigenvalue weighted by Crippen LogP contribution is 2.26. The smallest absolute Gasteiger partial charge is 0.267 e. The molecule has 0 aliphatic rings. The summed E-state index contributed by atoms with van der Waals surface area (Å²) in [6.45, 7) is 1.91. The summed E-state index contributed by atoms with van der Waals surface area (Å²) in [6.07, 6.45) is 0. The minimum Gasteiger partial charge on any atom is -0.496 e. The Morgan fingerprint density at radius 3 is 2.68 bits per heavy atom. The van der Waals surface area contributed by atoms with Gasteiger partial charge >= 0.3 is 0 Å². The van der Waals surface area contributed by atoms with Crippen LogP contribution in [0.15, 0.2) is 29.1 Å². The van der Waals surface area contributed by atoms with E-state index in [0.717, 1.165) is 16.9 Å². The van der Waals surface area contributed by atoms with Crippen LogP contribution in [0.1, 0.15) is 11.1 Å². The van der Waals surface area contributed by atoms with Crippen molar-refractivity contribution in [2.75, 3.05) is 7.11 Å². The molecular weight excluding hydrogens is 242 g/mol. The van der Waals surface area contributed by atoms with Gasteiger partial charge in [-0.25, -0.2) is 4.68 Å². The van der Waals surface area contributed by atoms with Crippen molar-refractivity contribution >= 4 is 0 Å². The van der Waals surface area contributed by atoms with Crippen LogP contribution in [0, 0.1) is 18.3 Å². The van der Waals surface area contributed by atoms with E-state index in [1.807, 2.05) is 31.2 Å². The average molecular weight is 255 g/mol. The molecule has 0 fully saturated rings. The molecule has 0 bridgehead atoms. The minimum atomic E-state index is -0.300.